The molecule has 0 saturated carbocycles. The number of rotatable bonds is 3. The SMILES string of the molecule is CCN(C)c1ccc2c3c(n(-c4ccccc4)c2c1)C(C)CC=C3. The largest absolute Gasteiger partial charge is 0.375 e. The van der Waals surface area contributed by atoms with Gasteiger partial charge in [0.1, 0.15) is 0 Å². The lowest BCUT2D eigenvalue weighted by molar-refractivity contribution is 0.723. The Morgan fingerprint density at radius 1 is 1.12 bits per heavy atom. The van der Waals surface area contributed by atoms with Gasteiger partial charge in [-0.1, -0.05) is 43.3 Å². The number of anilines is 1. The van der Waals surface area contributed by atoms with Gasteiger partial charge in [-0.05, 0) is 37.6 Å². The third-order valence-electron chi connectivity index (χ3n) is 5.20. The van der Waals surface area contributed by atoms with E-state index in [4.69, 9.17) is 0 Å². The zero-order chi connectivity index (χ0) is 16.7. The predicted molar refractivity (Wildman–Crippen MR) is 104 cm³/mol. The van der Waals surface area contributed by atoms with Crippen LogP contribution in [0.15, 0.2) is 54.6 Å². The maximum Gasteiger partial charge on any atom is 0.0558 e. The molecule has 2 nitrogen and oxygen atoms in total. The van der Waals surface area contributed by atoms with Crippen molar-refractivity contribution in [3.05, 3.63) is 65.9 Å². The van der Waals surface area contributed by atoms with Crippen molar-refractivity contribution < 1.29 is 0 Å². The van der Waals surface area contributed by atoms with Crippen LogP contribution in [0.5, 0.6) is 0 Å². The van der Waals surface area contributed by atoms with Crippen molar-refractivity contribution in [1.29, 1.82) is 0 Å². The molecule has 1 aromatic heterocycles. The van der Waals surface area contributed by atoms with Crippen molar-refractivity contribution in [1.82, 2.24) is 4.57 Å². The maximum atomic E-state index is 2.46. The van der Waals surface area contributed by atoms with Gasteiger partial charge in [0.2, 0.25) is 0 Å². The first-order valence-electron chi connectivity index (χ1n) is 8.82. The van der Waals surface area contributed by atoms with Crippen molar-refractivity contribution >= 4 is 22.7 Å². The zero-order valence-corrected chi connectivity index (χ0v) is 14.7. The van der Waals surface area contributed by atoms with Gasteiger partial charge in [0, 0.05) is 47.5 Å². The molecule has 0 spiro atoms. The zero-order valence-electron chi connectivity index (χ0n) is 14.7. The van der Waals surface area contributed by atoms with Crippen LogP contribution in [0.25, 0.3) is 22.7 Å². The van der Waals surface area contributed by atoms with Gasteiger partial charge in [-0.2, -0.15) is 0 Å². The summed E-state index contributed by atoms with van der Waals surface area (Å²) in [4.78, 5) is 2.29. The van der Waals surface area contributed by atoms with Crippen molar-refractivity contribution in [3.63, 3.8) is 0 Å². The van der Waals surface area contributed by atoms with Crippen LogP contribution in [0.2, 0.25) is 0 Å². The number of allylic oxidation sites excluding steroid dienone is 1. The van der Waals surface area contributed by atoms with Crippen LogP contribution < -0.4 is 4.90 Å². The molecular weight excluding hydrogens is 292 g/mol. The molecule has 0 fully saturated rings. The summed E-state index contributed by atoms with van der Waals surface area (Å²) in [6, 6.07) is 17.6. The molecule has 1 unspecified atom stereocenters. The van der Waals surface area contributed by atoms with Crippen molar-refractivity contribution in [2.24, 2.45) is 0 Å². The first-order chi connectivity index (χ1) is 11.7. The smallest absolute Gasteiger partial charge is 0.0558 e. The van der Waals surface area contributed by atoms with Crippen LogP contribution in [-0.2, 0) is 0 Å². The third kappa shape index (κ3) is 2.25. The topological polar surface area (TPSA) is 8.17 Å². The van der Waals surface area contributed by atoms with E-state index in [1.807, 2.05) is 0 Å². The first kappa shape index (κ1) is 15.1. The molecule has 0 N–H and O–H groups in total. The fourth-order valence-corrected chi connectivity index (χ4v) is 3.76. The highest BCUT2D eigenvalue weighted by Crippen LogP contribution is 2.40. The summed E-state index contributed by atoms with van der Waals surface area (Å²) in [5.74, 6) is 0.532. The predicted octanol–water partition coefficient (Wildman–Crippen LogP) is 5.61. The first-order valence-corrected chi connectivity index (χ1v) is 8.82. The van der Waals surface area contributed by atoms with E-state index in [1.54, 1.807) is 0 Å². The van der Waals surface area contributed by atoms with Crippen molar-refractivity contribution in [3.8, 4) is 5.69 Å². The normalized spacial score (nSPS) is 16.4. The van der Waals surface area contributed by atoms with E-state index in [2.05, 4.69) is 91.0 Å². The molecule has 4 rings (SSSR count). The fraction of sp³-hybridized carbons (Fsp3) is 0.273. The Hall–Kier alpha value is -2.48. The lowest BCUT2D eigenvalue weighted by Crippen LogP contribution is -2.15. The lowest BCUT2D eigenvalue weighted by Gasteiger charge is -2.20. The monoisotopic (exact) mass is 316 g/mol. The quantitative estimate of drug-likeness (QED) is 0.610. The number of para-hydroxylation sites is 1. The van der Waals surface area contributed by atoms with Gasteiger partial charge in [-0.25, -0.2) is 0 Å². The van der Waals surface area contributed by atoms with Gasteiger partial charge in [0.15, 0.2) is 0 Å². The molecule has 0 bridgehead atoms. The maximum absolute atomic E-state index is 2.46. The summed E-state index contributed by atoms with van der Waals surface area (Å²) in [6.07, 6.45) is 5.73. The molecule has 1 heterocycles. The molecule has 0 saturated heterocycles. The average molecular weight is 316 g/mol. The number of hydrogen-bond acceptors (Lipinski definition) is 1. The minimum absolute atomic E-state index is 0.532. The highest BCUT2D eigenvalue weighted by Gasteiger charge is 2.23. The molecule has 1 aliphatic carbocycles. The van der Waals surface area contributed by atoms with E-state index in [0.29, 0.717) is 5.92 Å². The summed E-state index contributed by atoms with van der Waals surface area (Å²) in [6.45, 7) is 5.53. The van der Waals surface area contributed by atoms with Crippen LogP contribution >= 0.6 is 0 Å². The lowest BCUT2D eigenvalue weighted by atomic mass is 9.93. The summed E-state index contributed by atoms with van der Waals surface area (Å²) >= 11 is 0. The van der Waals surface area contributed by atoms with E-state index in [1.165, 1.54) is 33.5 Å². The molecule has 1 aliphatic rings. The minimum Gasteiger partial charge on any atom is -0.375 e. The van der Waals surface area contributed by atoms with Crippen LogP contribution in [-0.4, -0.2) is 18.2 Å². The molecule has 2 aromatic carbocycles. The van der Waals surface area contributed by atoms with Crippen LogP contribution in [0.3, 0.4) is 0 Å². The van der Waals surface area contributed by atoms with E-state index in [9.17, 15) is 0 Å². The molecule has 1 atom stereocenters. The Morgan fingerprint density at radius 2 is 1.92 bits per heavy atom. The fourth-order valence-electron chi connectivity index (χ4n) is 3.76. The molecule has 122 valence electrons. The summed E-state index contributed by atoms with van der Waals surface area (Å²) < 4.78 is 2.46. The van der Waals surface area contributed by atoms with Gasteiger partial charge >= 0.3 is 0 Å². The summed E-state index contributed by atoms with van der Waals surface area (Å²) in [5.41, 5.74) is 6.66. The molecular formula is C22H24N2. The minimum atomic E-state index is 0.532. The Morgan fingerprint density at radius 3 is 2.67 bits per heavy atom. The van der Waals surface area contributed by atoms with Gasteiger partial charge in [0.05, 0.1) is 5.52 Å². The number of nitrogens with zero attached hydrogens (tertiary/aromatic N) is 2. The highest BCUT2D eigenvalue weighted by molar-refractivity contribution is 5.95. The second-order valence-corrected chi connectivity index (χ2v) is 6.72. The van der Waals surface area contributed by atoms with Gasteiger partial charge in [-0.15, -0.1) is 0 Å². The highest BCUT2D eigenvalue weighted by atomic mass is 15.1. The summed E-state index contributed by atoms with van der Waals surface area (Å²) in [5, 5.41) is 1.35. The van der Waals surface area contributed by atoms with Gasteiger partial charge < -0.3 is 9.47 Å². The van der Waals surface area contributed by atoms with E-state index in [0.717, 1.165) is 13.0 Å². The van der Waals surface area contributed by atoms with Gasteiger partial charge in [0.25, 0.3) is 0 Å². The van der Waals surface area contributed by atoms with Gasteiger partial charge in [-0.3, -0.25) is 0 Å². The Labute approximate surface area is 144 Å². The molecule has 24 heavy (non-hydrogen) atoms. The molecule has 0 aliphatic heterocycles. The number of hydrogen-bond donors (Lipinski definition) is 0. The number of aromatic nitrogens is 1. The van der Waals surface area contributed by atoms with Crippen LogP contribution in [0.4, 0.5) is 5.69 Å². The Kier molecular flexibility index (Phi) is 3.68. The average Bonchev–Trinajstić information content (AvgIpc) is 2.97. The standard InChI is InChI=1S/C22H24N2/c1-4-23(3)18-13-14-19-20-12-8-9-16(2)22(20)24(21(19)15-18)17-10-6-5-7-11-17/h5-8,10-16H,4,9H2,1-3H3. The number of fused-ring (bicyclic) bond motifs is 3. The van der Waals surface area contributed by atoms with Crippen LogP contribution in [0, 0.1) is 0 Å². The van der Waals surface area contributed by atoms with E-state index in [-0.39, 0.29) is 0 Å². The Bertz CT molecular complexity index is 903. The molecule has 0 radical (unpaired) electrons. The number of benzene rings is 2. The van der Waals surface area contributed by atoms with E-state index < -0.39 is 0 Å². The van der Waals surface area contributed by atoms with Crippen LogP contribution in [0.1, 0.15) is 37.4 Å². The van der Waals surface area contributed by atoms with E-state index >= 15 is 0 Å². The second kappa shape index (κ2) is 5.86. The molecule has 2 heteroatoms. The molecule has 3 aromatic rings. The van der Waals surface area contributed by atoms with Crippen molar-refractivity contribution in [2.75, 3.05) is 18.5 Å². The Balaban J connectivity index is 2.07. The van der Waals surface area contributed by atoms with Crippen molar-refractivity contribution in [2.45, 2.75) is 26.2 Å². The molecule has 0 amide bonds. The third-order valence-corrected chi connectivity index (χ3v) is 5.20. The summed E-state index contributed by atoms with van der Waals surface area (Å²) in [7, 11) is 2.15. The second-order valence-electron chi connectivity index (χ2n) is 6.72.